The molecule has 0 bridgehead atoms. The van der Waals surface area contributed by atoms with Gasteiger partial charge in [-0.3, -0.25) is 4.79 Å². The van der Waals surface area contributed by atoms with Crippen LogP contribution >= 0.6 is 15.9 Å². The van der Waals surface area contributed by atoms with Crippen LogP contribution in [0.1, 0.15) is 24.8 Å². The van der Waals surface area contributed by atoms with Gasteiger partial charge in [0.1, 0.15) is 0 Å². The molecule has 0 saturated heterocycles. The van der Waals surface area contributed by atoms with Crippen molar-refractivity contribution in [2.24, 2.45) is 5.73 Å². The molecule has 1 aromatic rings. The second kappa shape index (κ2) is 5.19. The molecule has 1 aliphatic rings. The molecule has 0 atom stereocenters. The van der Waals surface area contributed by atoms with Crippen molar-refractivity contribution in [3.05, 3.63) is 34.3 Å². The Morgan fingerprint density at radius 1 is 1.47 bits per heavy atom. The highest BCUT2D eigenvalue weighted by atomic mass is 79.9. The van der Waals surface area contributed by atoms with Crippen LogP contribution in [-0.2, 0) is 10.2 Å². The van der Waals surface area contributed by atoms with E-state index in [2.05, 4.69) is 33.4 Å². The van der Waals surface area contributed by atoms with Crippen molar-refractivity contribution in [3.8, 4) is 0 Å². The lowest BCUT2D eigenvalue weighted by Gasteiger charge is -2.42. The number of carbonyl (C=O) groups is 1. The third-order valence-corrected chi connectivity index (χ3v) is 4.05. The minimum absolute atomic E-state index is 0.0641. The van der Waals surface area contributed by atoms with Crippen molar-refractivity contribution in [3.63, 3.8) is 0 Å². The van der Waals surface area contributed by atoms with Crippen molar-refractivity contribution in [2.45, 2.75) is 24.7 Å². The highest BCUT2D eigenvalue weighted by molar-refractivity contribution is 9.10. The average Bonchev–Trinajstić information content (AvgIpc) is 2.27. The van der Waals surface area contributed by atoms with Crippen LogP contribution in [0.2, 0.25) is 0 Å². The fourth-order valence-electron chi connectivity index (χ4n) is 2.33. The van der Waals surface area contributed by atoms with Crippen LogP contribution < -0.4 is 11.1 Å². The standard InChI is InChI=1S/C13H17BrN2O/c14-11-4-1-3-10(7-11)13(5-2-6-13)9-16-12(17)8-15/h1,3-4,7H,2,5-6,8-9,15H2,(H,16,17). The number of amides is 1. The molecule has 3 N–H and O–H groups in total. The third-order valence-electron chi connectivity index (χ3n) is 3.56. The number of halogens is 1. The number of nitrogens with one attached hydrogen (secondary N) is 1. The first-order chi connectivity index (χ1) is 8.16. The van der Waals surface area contributed by atoms with Crippen molar-refractivity contribution < 1.29 is 4.79 Å². The molecular weight excluding hydrogens is 280 g/mol. The van der Waals surface area contributed by atoms with Crippen LogP contribution in [0.5, 0.6) is 0 Å². The van der Waals surface area contributed by atoms with E-state index < -0.39 is 0 Å². The molecule has 0 unspecified atom stereocenters. The molecule has 1 fully saturated rings. The lowest BCUT2D eigenvalue weighted by Crippen LogP contribution is -2.46. The molecule has 1 saturated carbocycles. The molecule has 92 valence electrons. The summed E-state index contributed by atoms with van der Waals surface area (Å²) in [6.45, 7) is 0.758. The number of rotatable bonds is 4. The molecule has 3 nitrogen and oxygen atoms in total. The zero-order valence-corrected chi connectivity index (χ0v) is 11.3. The smallest absolute Gasteiger partial charge is 0.233 e. The number of hydrogen-bond donors (Lipinski definition) is 2. The number of carbonyl (C=O) groups excluding carboxylic acids is 1. The van der Waals surface area contributed by atoms with Gasteiger partial charge in [-0.1, -0.05) is 34.5 Å². The number of benzene rings is 1. The van der Waals surface area contributed by atoms with Crippen molar-refractivity contribution in [2.75, 3.05) is 13.1 Å². The molecule has 0 heterocycles. The zero-order chi connectivity index (χ0) is 12.3. The van der Waals surface area contributed by atoms with E-state index in [1.165, 1.54) is 12.0 Å². The summed E-state index contributed by atoms with van der Waals surface area (Å²) in [7, 11) is 0. The molecule has 0 radical (unpaired) electrons. The average molecular weight is 297 g/mol. The predicted octanol–water partition coefficient (Wildman–Crippen LogP) is 1.95. The summed E-state index contributed by atoms with van der Waals surface area (Å²) < 4.78 is 1.09. The van der Waals surface area contributed by atoms with Crippen molar-refractivity contribution in [1.82, 2.24) is 5.32 Å². The van der Waals surface area contributed by atoms with Gasteiger partial charge in [-0.15, -0.1) is 0 Å². The number of hydrogen-bond acceptors (Lipinski definition) is 2. The van der Waals surface area contributed by atoms with Gasteiger partial charge in [0.25, 0.3) is 0 Å². The van der Waals surface area contributed by atoms with E-state index in [4.69, 9.17) is 5.73 Å². The maximum Gasteiger partial charge on any atom is 0.233 e. The second-order valence-corrected chi connectivity index (χ2v) is 5.54. The molecule has 1 aliphatic carbocycles. The lowest BCUT2D eigenvalue weighted by atomic mass is 9.64. The van der Waals surface area contributed by atoms with Crippen LogP contribution in [0.25, 0.3) is 0 Å². The minimum Gasteiger partial charge on any atom is -0.354 e. The van der Waals surface area contributed by atoms with Gasteiger partial charge in [0.15, 0.2) is 0 Å². The summed E-state index contributed by atoms with van der Waals surface area (Å²) in [5.74, 6) is -0.0775. The molecule has 17 heavy (non-hydrogen) atoms. The first kappa shape index (κ1) is 12.6. The molecule has 4 heteroatoms. The Morgan fingerprint density at radius 3 is 2.76 bits per heavy atom. The Kier molecular flexibility index (Phi) is 3.84. The Bertz CT molecular complexity index is 416. The molecular formula is C13H17BrN2O. The maximum atomic E-state index is 11.3. The van der Waals surface area contributed by atoms with Crippen molar-refractivity contribution >= 4 is 21.8 Å². The van der Waals surface area contributed by atoms with Gasteiger partial charge in [-0.2, -0.15) is 0 Å². The monoisotopic (exact) mass is 296 g/mol. The molecule has 0 spiro atoms. The maximum absolute atomic E-state index is 11.3. The first-order valence-corrected chi connectivity index (χ1v) is 6.68. The largest absolute Gasteiger partial charge is 0.354 e. The normalized spacial score (nSPS) is 17.3. The molecule has 0 aliphatic heterocycles. The zero-order valence-electron chi connectivity index (χ0n) is 9.71. The molecule has 1 amide bonds. The summed E-state index contributed by atoms with van der Waals surface area (Å²) in [6.07, 6.45) is 3.49. The van der Waals surface area contributed by atoms with Gasteiger partial charge >= 0.3 is 0 Å². The fraction of sp³-hybridized carbons (Fsp3) is 0.462. The summed E-state index contributed by atoms with van der Waals surface area (Å²) >= 11 is 3.49. The van der Waals surface area contributed by atoms with Gasteiger partial charge in [-0.25, -0.2) is 0 Å². The van der Waals surface area contributed by atoms with E-state index >= 15 is 0 Å². The van der Waals surface area contributed by atoms with Gasteiger partial charge < -0.3 is 11.1 Å². The topological polar surface area (TPSA) is 55.1 Å². The lowest BCUT2D eigenvalue weighted by molar-refractivity contribution is -0.120. The van der Waals surface area contributed by atoms with E-state index in [0.29, 0.717) is 6.54 Å². The SMILES string of the molecule is NCC(=O)NCC1(c2cccc(Br)c2)CCC1. The van der Waals surface area contributed by atoms with E-state index in [-0.39, 0.29) is 17.9 Å². The van der Waals surface area contributed by atoms with Crippen molar-refractivity contribution in [1.29, 1.82) is 0 Å². The second-order valence-electron chi connectivity index (χ2n) is 4.63. The van der Waals surface area contributed by atoms with Crippen LogP contribution in [0.3, 0.4) is 0 Å². The summed E-state index contributed by atoms with van der Waals surface area (Å²) in [5, 5.41) is 2.91. The van der Waals surface area contributed by atoms with Crippen LogP contribution in [-0.4, -0.2) is 19.0 Å². The minimum atomic E-state index is -0.0775. The van der Waals surface area contributed by atoms with E-state index in [1.54, 1.807) is 0 Å². The van der Waals surface area contributed by atoms with Gasteiger partial charge in [0.2, 0.25) is 5.91 Å². The van der Waals surface area contributed by atoms with Gasteiger partial charge in [0.05, 0.1) is 6.54 Å². The van der Waals surface area contributed by atoms with Crippen LogP contribution in [0.15, 0.2) is 28.7 Å². The molecule has 0 aromatic heterocycles. The Labute approximate surface area is 110 Å². The van der Waals surface area contributed by atoms with Gasteiger partial charge in [0, 0.05) is 16.4 Å². The van der Waals surface area contributed by atoms with E-state index in [0.717, 1.165) is 17.3 Å². The highest BCUT2D eigenvalue weighted by Crippen LogP contribution is 2.43. The summed E-state index contributed by atoms with van der Waals surface area (Å²) in [5.41, 5.74) is 6.73. The predicted molar refractivity (Wildman–Crippen MR) is 71.7 cm³/mol. The Balaban J connectivity index is 2.11. The van der Waals surface area contributed by atoms with Gasteiger partial charge in [-0.05, 0) is 30.5 Å². The summed E-state index contributed by atoms with van der Waals surface area (Å²) in [4.78, 5) is 11.3. The van der Waals surface area contributed by atoms with E-state index in [1.807, 2.05) is 12.1 Å². The highest BCUT2D eigenvalue weighted by Gasteiger charge is 2.38. The quantitative estimate of drug-likeness (QED) is 0.892. The van der Waals surface area contributed by atoms with E-state index in [9.17, 15) is 4.79 Å². The summed E-state index contributed by atoms with van der Waals surface area (Å²) in [6, 6.07) is 8.35. The van der Waals surface area contributed by atoms with Crippen LogP contribution in [0.4, 0.5) is 0 Å². The fourth-order valence-corrected chi connectivity index (χ4v) is 2.73. The number of nitrogens with two attached hydrogens (primary N) is 1. The first-order valence-electron chi connectivity index (χ1n) is 5.89. The van der Waals surface area contributed by atoms with Crippen LogP contribution in [0, 0.1) is 0 Å². The Morgan fingerprint density at radius 2 is 2.24 bits per heavy atom. The molecule has 1 aromatic carbocycles. The molecule has 2 rings (SSSR count). The Hall–Kier alpha value is -0.870. The third kappa shape index (κ3) is 2.69.